The lowest BCUT2D eigenvalue weighted by molar-refractivity contribution is 0.0601. The number of methoxy groups -OCH3 is 1. The van der Waals surface area contributed by atoms with Crippen LogP contribution < -0.4 is 5.43 Å². The number of carbonyl (C=O) groups is 1. The van der Waals surface area contributed by atoms with Crippen LogP contribution in [-0.4, -0.2) is 18.1 Å². The van der Waals surface area contributed by atoms with Gasteiger partial charge >= 0.3 is 5.97 Å². The average molecular weight is 282 g/mol. The summed E-state index contributed by atoms with van der Waals surface area (Å²) in [6, 6.07) is 4.80. The van der Waals surface area contributed by atoms with Crippen LogP contribution in [0.15, 0.2) is 33.7 Å². The molecule has 0 unspecified atom stereocenters. The Hall–Kier alpha value is -1.62. The first-order valence-electron chi connectivity index (χ1n) is 4.52. The van der Waals surface area contributed by atoms with E-state index < -0.39 is 5.97 Å². The third kappa shape index (κ3) is 1.74. The van der Waals surface area contributed by atoms with E-state index >= 15 is 0 Å². The summed E-state index contributed by atoms with van der Waals surface area (Å²) < 4.78 is 5.02. The molecule has 5 heteroatoms. The molecule has 0 atom stereocenters. The zero-order valence-corrected chi connectivity index (χ0v) is 10.00. The number of pyridine rings is 1. The molecule has 1 heterocycles. The van der Waals surface area contributed by atoms with Gasteiger partial charge in [-0.1, -0.05) is 0 Å². The van der Waals surface area contributed by atoms with Crippen LogP contribution in [-0.2, 0) is 4.74 Å². The largest absolute Gasteiger partial charge is 0.465 e. The van der Waals surface area contributed by atoms with Gasteiger partial charge in [0, 0.05) is 17.1 Å². The lowest BCUT2D eigenvalue weighted by Crippen LogP contribution is -2.06. The van der Waals surface area contributed by atoms with Crippen LogP contribution in [0.3, 0.4) is 0 Å². The number of rotatable bonds is 1. The van der Waals surface area contributed by atoms with Gasteiger partial charge < -0.3 is 9.72 Å². The molecule has 1 aromatic heterocycles. The van der Waals surface area contributed by atoms with Crippen LogP contribution in [0.5, 0.6) is 0 Å². The van der Waals surface area contributed by atoms with Crippen molar-refractivity contribution in [3.05, 3.63) is 44.7 Å². The highest BCUT2D eigenvalue weighted by Crippen LogP contribution is 2.13. The lowest BCUT2D eigenvalue weighted by Gasteiger charge is -2.02. The molecule has 4 nitrogen and oxygen atoms in total. The second-order valence-electron chi connectivity index (χ2n) is 3.22. The summed E-state index contributed by atoms with van der Waals surface area (Å²) in [4.78, 5) is 26.0. The van der Waals surface area contributed by atoms with Crippen LogP contribution in [0.1, 0.15) is 10.4 Å². The van der Waals surface area contributed by atoms with Crippen LogP contribution in [0.25, 0.3) is 10.9 Å². The van der Waals surface area contributed by atoms with Crippen molar-refractivity contribution in [3.8, 4) is 0 Å². The summed E-state index contributed by atoms with van der Waals surface area (Å²) >= 11 is 3.14. The normalized spacial score (nSPS) is 10.4. The lowest BCUT2D eigenvalue weighted by atomic mass is 10.1. The van der Waals surface area contributed by atoms with E-state index in [1.54, 1.807) is 18.3 Å². The Labute approximate surface area is 99.4 Å². The highest BCUT2D eigenvalue weighted by molar-refractivity contribution is 9.10. The Morgan fingerprint density at radius 1 is 1.44 bits per heavy atom. The van der Waals surface area contributed by atoms with Crippen LogP contribution in [0, 0.1) is 0 Å². The van der Waals surface area contributed by atoms with E-state index in [1.807, 2.05) is 0 Å². The second-order valence-corrected chi connectivity index (χ2v) is 4.07. The first-order chi connectivity index (χ1) is 7.63. The van der Waals surface area contributed by atoms with Crippen molar-refractivity contribution in [2.45, 2.75) is 0 Å². The Morgan fingerprint density at radius 2 is 2.19 bits per heavy atom. The van der Waals surface area contributed by atoms with E-state index in [1.165, 1.54) is 13.2 Å². The number of nitrogens with one attached hydrogen (secondary N) is 1. The van der Waals surface area contributed by atoms with Gasteiger partial charge in [-0.2, -0.15) is 0 Å². The predicted molar refractivity (Wildman–Crippen MR) is 63.6 cm³/mol. The minimum absolute atomic E-state index is 0.153. The predicted octanol–water partition coefficient (Wildman–Crippen LogP) is 2.08. The van der Waals surface area contributed by atoms with E-state index in [-0.39, 0.29) is 5.43 Å². The first-order valence-corrected chi connectivity index (χ1v) is 5.32. The van der Waals surface area contributed by atoms with Crippen molar-refractivity contribution in [2.24, 2.45) is 0 Å². The van der Waals surface area contributed by atoms with Crippen molar-refractivity contribution in [1.82, 2.24) is 4.98 Å². The summed E-state index contributed by atoms with van der Waals surface area (Å²) in [5, 5.41) is 0.456. The number of carbonyl (C=O) groups excluding carboxylic acids is 1. The molecule has 0 bridgehead atoms. The van der Waals surface area contributed by atoms with Gasteiger partial charge in [-0.25, -0.2) is 4.79 Å². The molecule has 0 radical (unpaired) electrons. The topological polar surface area (TPSA) is 59.2 Å². The number of benzene rings is 1. The smallest absolute Gasteiger partial charge is 0.337 e. The monoisotopic (exact) mass is 281 g/mol. The molecule has 0 spiro atoms. The van der Waals surface area contributed by atoms with E-state index in [4.69, 9.17) is 0 Å². The molecule has 2 aromatic rings. The zero-order chi connectivity index (χ0) is 11.7. The Balaban J connectivity index is 2.74. The molecule has 0 fully saturated rings. The summed E-state index contributed by atoms with van der Waals surface area (Å²) in [5.41, 5.74) is 0.888. The second kappa shape index (κ2) is 4.09. The number of H-pyrrole nitrogens is 1. The maximum Gasteiger partial charge on any atom is 0.337 e. The fourth-order valence-corrected chi connectivity index (χ4v) is 1.77. The van der Waals surface area contributed by atoms with E-state index in [0.29, 0.717) is 20.9 Å². The molecular weight excluding hydrogens is 274 g/mol. The maximum atomic E-state index is 11.8. The number of fused-ring (bicyclic) bond motifs is 1. The third-order valence-electron chi connectivity index (χ3n) is 2.26. The van der Waals surface area contributed by atoms with Crippen molar-refractivity contribution in [1.29, 1.82) is 0 Å². The van der Waals surface area contributed by atoms with Gasteiger partial charge in [0.05, 0.1) is 17.1 Å². The standard InChI is InChI=1S/C11H8BrNO3/c1-16-11(15)6-2-3-9-7(4-6)10(14)8(12)5-13-9/h2-5H,1H3,(H,13,14). The maximum absolute atomic E-state index is 11.8. The number of ether oxygens (including phenoxy) is 1. The molecule has 16 heavy (non-hydrogen) atoms. The van der Waals surface area contributed by atoms with Crippen LogP contribution >= 0.6 is 15.9 Å². The number of halogens is 1. The molecule has 1 aromatic carbocycles. The molecule has 1 N–H and O–H groups in total. The summed E-state index contributed by atoms with van der Waals surface area (Å²) in [7, 11) is 1.30. The summed E-state index contributed by atoms with van der Waals surface area (Å²) in [6.07, 6.45) is 1.57. The average Bonchev–Trinajstić information content (AvgIpc) is 2.32. The van der Waals surface area contributed by atoms with Crippen molar-refractivity contribution < 1.29 is 9.53 Å². The van der Waals surface area contributed by atoms with E-state index in [9.17, 15) is 9.59 Å². The minimum Gasteiger partial charge on any atom is -0.465 e. The zero-order valence-electron chi connectivity index (χ0n) is 8.41. The molecule has 0 aliphatic heterocycles. The first kappa shape index (κ1) is 10.9. The molecule has 82 valence electrons. The molecule has 0 saturated heterocycles. The van der Waals surface area contributed by atoms with Gasteiger partial charge in [0.2, 0.25) is 5.43 Å². The molecule has 0 aliphatic carbocycles. The van der Waals surface area contributed by atoms with Crippen LogP contribution in [0.2, 0.25) is 0 Å². The summed E-state index contributed by atoms with van der Waals surface area (Å²) in [6.45, 7) is 0. The minimum atomic E-state index is -0.457. The molecule has 2 rings (SSSR count). The fourth-order valence-electron chi connectivity index (χ4n) is 1.44. The van der Waals surface area contributed by atoms with Crippen LogP contribution in [0.4, 0.5) is 0 Å². The van der Waals surface area contributed by atoms with Crippen molar-refractivity contribution >= 4 is 32.8 Å². The van der Waals surface area contributed by atoms with Gasteiger partial charge in [-0.15, -0.1) is 0 Å². The molecule has 0 saturated carbocycles. The number of aromatic nitrogens is 1. The number of hydrogen-bond acceptors (Lipinski definition) is 3. The molecule has 0 aliphatic rings. The van der Waals surface area contributed by atoms with Gasteiger partial charge in [-0.05, 0) is 34.1 Å². The van der Waals surface area contributed by atoms with Crippen molar-refractivity contribution in [3.63, 3.8) is 0 Å². The number of aromatic amines is 1. The SMILES string of the molecule is COC(=O)c1ccc2[nH]cc(Br)c(=O)c2c1. The molecule has 0 amide bonds. The Morgan fingerprint density at radius 3 is 2.88 bits per heavy atom. The van der Waals surface area contributed by atoms with Gasteiger partial charge in [-0.3, -0.25) is 4.79 Å². The highest BCUT2D eigenvalue weighted by atomic mass is 79.9. The number of hydrogen-bond donors (Lipinski definition) is 1. The van der Waals surface area contributed by atoms with Gasteiger partial charge in [0.25, 0.3) is 0 Å². The third-order valence-corrected chi connectivity index (χ3v) is 2.85. The fraction of sp³-hybridized carbons (Fsp3) is 0.0909. The number of esters is 1. The van der Waals surface area contributed by atoms with Gasteiger partial charge in [0.15, 0.2) is 0 Å². The molecular formula is C11H8BrNO3. The van der Waals surface area contributed by atoms with Gasteiger partial charge in [0.1, 0.15) is 0 Å². The Kier molecular flexibility index (Phi) is 2.78. The Bertz CT molecular complexity index is 618. The highest BCUT2D eigenvalue weighted by Gasteiger charge is 2.08. The van der Waals surface area contributed by atoms with E-state index in [0.717, 1.165) is 0 Å². The quantitative estimate of drug-likeness (QED) is 0.815. The van der Waals surface area contributed by atoms with Crippen molar-refractivity contribution in [2.75, 3.05) is 7.11 Å². The van der Waals surface area contributed by atoms with E-state index in [2.05, 4.69) is 25.7 Å². The summed E-state index contributed by atoms with van der Waals surface area (Å²) in [5.74, 6) is -0.457.